The Morgan fingerprint density at radius 2 is 0.597 bits per heavy atom. The molecule has 380 valence electrons. The molecule has 0 bridgehead atoms. The van der Waals surface area contributed by atoms with Crippen molar-refractivity contribution in [2.24, 2.45) is 0 Å². The Bertz CT molecular complexity index is 1390. The molecule has 0 radical (unpaired) electrons. The Hall–Kier alpha value is -3.93. The molecule has 0 N–H and O–H groups in total. The maximum atomic E-state index is 12.8. The van der Waals surface area contributed by atoms with Crippen LogP contribution in [0.4, 0.5) is 0 Å². The van der Waals surface area contributed by atoms with Gasteiger partial charge in [-0.1, -0.05) is 214 Å². The van der Waals surface area contributed by atoms with E-state index in [2.05, 4.69) is 130 Å². The first-order valence-electron chi connectivity index (χ1n) is 27.4. The first-order chi connectivity index (χ1) is 33.0. The Balaban J connectivity index is 4.46. The van der Waals surface area contributed by atoms with Gasteiger partial charge in [-0.15, -0.1) is 0 Å². The van der Waals surface area contributed by atoms with Gasteiger partial charge in [-0.2, -0.15) is 0 Å². The van der Waals surface area contributed by atoms with Crippen molar-refractivity contribution in [2.45, 2.75) is 245 Å². The van der Waals surface area contributed by atoms with Gasteiger partial charge < -0.3 is 14.2 Å². The fraction of sp³-hybridized carbons (Fsp3) is 0.656. The van der Waals surface area contributed by atoms with E-state index in [4.69, 9.17) is 14.2 Å². The third-order valence-electron chi connectivity index (χ3n) is 11.2. The molecular formula is C61H100O6. The minimum Gasteiger partial charge on any atom is -0.462 e. The molecule has 0 aromatic rings. The third kappa shape index (κ3) is 52.9. The van der Waals surface area contributed by atoms with Crippen LogP contribution in [0, 0.1) is 0 Å². The molecule has 0 aliphatic heterocycles. The van der Waals surface area contributed by atoms with Crippen molar-refractivity contribution < 1.29 is 28.6 Å². The molecule has 0 spiro atoms. The average molecular weight is 929 g/mol. The lowest BCUT2D eigenvalue weighted by molar-refractivity contribution is -0.167. The van der Waals surface area contributed by atoms with Gasteiger partial charge in [0.15, 0.2) is 6.10 Å². The Morgan fingerprint density at radius 1 is 0.313 bits per heavy atom. The summed E-state index contributed by atoms with van der Waals surface area (Å²) in [6, 6.07) is 0. The van der Waals surface area contributed by atoms with Gasteiger partial charge >= 0.3 is 17.9 Å². The lowest BCUT2D eigenvalue weighted by Crippen LogP contribution is -2.30. The summed E-state index contributed by atoms with van der Waals surface area (Å²) in [6.07, 6.45) is 73.8. The number of esters is 3. The number of rotatable bonds is 48. The molecule has 0 rings (SSSR count). The van der Waals surface area contributed by atoms with Crippen LogP contribution in [0.3, 0.4) is 0 Å². The lowest BCUT2D eigenvalue weighted by Gasteiger charge is -2.18. The smallest absolute Gasteiger partial charge is 0.306 e. The van der Waals surface area contributed by atoms with Gasteiger partial charge in [0, 0.05) is 19.3 Å². The molecule has 6 nitrogen and oxygen atoms in total. The van der Waals surface area contributed by atoms with Gasteiger partial charge in [0.2, 0.25) is 0 Å². The fourth-order valence-corrected chi connectivity index (χ4v) is 7.19. The number of allylic oxidation sites excluding steroid dienone is 18. The topological polar surface area (TPSA) is 78.9 Å². The first kappa shape index (κ1) is 63.1. The van der Waals surface area contributed by atoms with Crippen LogP contribution >= 0.6 is 0 Å². The number of unbranched alkanes of at least 4 members (excludes halogenated alkanes) is 19. The van der Waals surface area contributed by atoms with E-state index in [0.717, 1.165) is 103 Å². The summed E-state index contributed by atoms with van der Waals surface area (Å²) in [4.78, 5) is 38.0. The molecule has 1 atom stereocenters. The van der Waals surface area contributed by atoms with Crippen molar-refractivity contribution >= 4 is 17.9 Å². The molecule has 0 aromatic heterocycles. The van der Waals surface area contributed by atoms with Crippen molar-refractivity contribution in [1.29, 1.82) is 0 Å². The van der Waals surface area contributed by atoms with Gasteiger partial charge in [-0.3, -0.25) is 14.4 Å². The maximum absolute atomic E-state index is 12.8. The van der Waals surface area contributed by atoms with E-state index in [-0.39, 0.29) is 37.5 Å². The highest BCUT2D eigenvalue weighted by molar-refractivity contribution is 5.71. The predicted molar refractivity (Wildman–Crippen MR) is 288 cm³/mol. The molecule has 0 saturated carbocycles. The summed E-state index contributed by atoms with van der Waals surface area (Å²) in [6.45, 7) is 6.32. The Kier molecular flexibility index (Phi) is 51.5. The zero-order valence-corrected chi connectivity index (χ0v) is 43.4. The molecule has 0 heterocycles. The molecule has 0 fully saturated rings. The zero-order valence-electron chi connectivity index (χ0n) is 43.4. The summed E-state index contributed by atoms with van der Waals surface area (Å²) in [5.74, 6) is -1.01. The second-order valence-electron chi connectivity index (χ2n) is 17.7. The SMILES string of the molecule is CC/C=C\C/C=C\C/C=C\C/C=C\C/C=C\CCCCCC(=O)OCC(COC(=O)CCC/C=C\C/C=C\C/C=C\CC)OC(=O)CCCCCCCCC/C=C\CCCCCCCCCC. The van der Waals surface area contributed by atoms with E-state index < -0.39 is 6.10 Å². The maximum Gasteiger partial charge on any atom is 0.306 e. The summed E-state index contributed by atoms with van der Waals surface area (Å²) in [5, 5.41) is 0. The van der Waals surface area contributed by atoms with Gasteiger partial charge in [0.05, 0.1) is 0 Å². The summed E-state index contributed by atoms with van der Waals surface area (Å²) < 4.78 is 16.7. The minimum atomic E-state index is -0.816. The van der Waals surface area contributed by atoms with Crippen molar-refractivity contribution in [3.8, 4) is 0 Å². The van der Waals surface area contributed by atoms with Crippen LogP contribution in [-0.2, 0) is 28.6 Å². The van der Waals surface area contributed by atoms with Crippen molar-refractivity contribution in [3.05, 3.63) is 109 Å². The Labute approximate surface area is 412 Å². The molecule has 0 aliphatic rings. The molecule has 0 aromatic carbocycles. The van der Waals surface area contributed by atoms with Crippen molar-refractivity contribution in [1.82, 2.24) is 0 Å². The normalized spacial score (nSPS) is 12.9. The Morgan fingerprint density at radius 3 is 1.00 bits per heavy atom. The second kappa shape index (κ2) is 54.7. The van der Waals surface area contributed by atoms with E-state index in [1.807, 2.05) is 0 Å². The monoisotopic (exact) mass is 929 g/mol. The largest absolute Gasteiger partial charge is 0.462 e. The summed E-state index contributed by atoms with van der Waals surface area (Å²) in [7, 11) is 0. The van der Waals surface area contributed by atoms with Gasteiger partial charge in [-0.25, -0.2) is 0 Å². The van der Waals surface area contributed by atoms with Crippen molar-refractivity contribution in [2.75, 3.05) is 13.2 Å². The molecule has 67 heavy (non-hydrogen) atoms. The third-order valence-corrected chi connectivity index (χ3v) is 11.2. The summed E-state index contributed by atoms with van der Waals surface area (Å²) >= 11 is 0. The molecule has 0 aliphatic carbocycles. The number of carbonyl (C=O) groups is 3. The number of hydrogen-bond donors (Lipinski definition) is 0. The van der Waals surface area contributed by atoms with Crippen LogP contribution in [0.15, 0.2) is 109 Å². The van der Waals surface area contributed by atoms with E-state index in [0.29, 0.717) is 19.3 Å². The quantitative estimate of drug-likeness (QED) is 0.0262. The highest BCUT2D eigenvalue weighted by atomic mass is 16.6. The fourth-order valence-electron chi connectivity index (χ4n) is 7.19. The zero-order chi connectivity index (χ0) is 48.6. The minimum absolute atomic E-state index is 0.114. The van der Waals surface area contributed by atoms with Crippen LogP contribution in [0.5, 0.6) is 0 Å². The highest BCUT2D eigenvalue weighted by Crippen LogP contribution is 2.14. The molecular weight excluding hydrogens is 829 g/mol. The average Bonchev–Trinajstić information content (AvgIpc) is 3.33. The van der Waals surface area contributed by atoms with Crippen LogP contribution in [0.25, 0.3) is 0 Å². The molecule has 1 unspecified atom stereocenters. The van der Waals surface area contributed by atoms with E-state index >= 15 is 0 Å². The lowest BCUT2D eigenvalue weighted by atomic mass is 10.1. The second-order valence-corrected chi connectivity index (χ2v) is 17.7. The van der Waals surface area contributed by atoms with E-state index in [1.165, 1.54) is 89.9 Å². The number of ether oxygens (including phenoxy) is 3. The highest BCUT2D eigenvalue weighted by Gasteiger charge is 2.19. The van der Waals surface area contributed by atoms with Gasteiger partial charge in [0.25, 0.3) is 0 Å². The van der Waals surface area contributed by atoms with Crippen LogP contribution in [0.1, 0.15) is 239 Å². The molecule has 0 saturated heterocycles. The van der Waals surface area contributed by atoms with Crippen molar-refractivity contribution in [3.63, 3.8) is 0 Å². The number of hydrogen-bond acceptors (Lipinski definition) is 6. The number of carbonyl (C=O) groups excluding carboxylic acids is 3. The van der Waals surface area contributed by atoms with Gasteiger partial charge in [-0.05, 0) is 116 Å². The predicted octanol–water partition coefficient (Wildman–Crippen LogP) is 18.3. The van der Waals surface area contributed by atoms with Crippen LogP contribution in [0.2, 0.25) is 0 Å². The van der Waals surface area contributed by atoms with Crippen LogP contribution < -0.4 is 0 Å². The van der Waals surface area contributed by atoms with E-state index in [9.17, 15) is 14.4 Å². The van der Waals surface area contributed by atoms with E-state index in [1.54, 1.807) is 0 Å². The summed E-state index contributed by atoms with van der Waals surface area (Å²) in [5.41, 5.74) is 0. The van der Waals surface area contributed by atoms with Gasteiger partial charge in [0.1, 0.15) is 13.2 Å². The standard InChI is InChI=1S/C61H100O6/c1-4-7-10-13-16-19-22-24-26-28-30-32-34-36-39-42-45-48-51-54-60(63)66-57-58(56-65-59(62)53-50-47-44-41-38-21-18-15-12-9-6-3)67-61(64)55-52-49-46-43-40-37-35-33-31-29-27-25-23-20-17-14-11-8-5-2/h7,9-10,12,16,18-19,21,24,26,29-32,36,39,41,44,58H,4-6,8,11,13-15,17,20,22-23,25,27-28,33-35,37-38,40,42-43,45-57H2,1-3H3/b10-7-,12-9-,19-16-,21-18-,26-24-,31-29-,32-30-,39-36-,44-41-. The molecule has 6 heteroatoms. The van der Waals surface area contributed by atoms with Crippen LogP contribution in [-0.4, -0.2) is 37.2 Å². The first-order valence-corrected chi connectivity index (χ1v) is 27.4. The molecule has 0 amide bonds.